The van der Waals surface area contributed by atoms with E-state index in [4.69, 9.17) is 11.6 Å². The Hall–Kier alpha value is -3.71. The number of halogens is 1. The van der Waals surface area contributed by atoms with Gasteiger partial charge in [0, 0.05) is 35.8 Å². The number of carbonyl (C=O) groups excluding carboxylic acids is 1. The highest BCUT2D eigenvalue weighted by Gasteiger charge is 2.15. The van der Waals surface area contributed by atoms with E-state index in [-0.39, 0.29) is 16.3 Å². The Morgan fingerprint density at radius 1 is 1.14 bits per heavy atom. The Bertz CT molecular complexity index is 1250. The summed E-state index contributed by atoms with van der Waals surface area (Å²) in [6, 6.07) is 15.0. The number of amides is 1. The second-order valence-corrected chi connectivity index (χ2v) is 6.96. The van der Waals surface area contributed by atoms with Gasteiger partial charge in [0.1, 0.15) is 5.65 Å². The van der Waals surface area contributed by atoms with Crippen LogP contribution >= 0.6 is 11.6 Å². The number of hydrogen-bond acceptors (Lipinski definition) is 4. The number of hydrogen-bond donors (Lipinski definition) is 1. The van der Waals surface area contributed by atoms with Crippen molar-refractivity contribution in [3.05, 3.63) is 93.3 Å². The molecule has 0 aliphatic rings. The molecule has 2 aromatic carbocycles. The summed E-state index contributed by atoms with van der Waals surface area (Å²) >= 11 is 6.01. The van der Waals surface area contributed by atoms with E-state index in [1.807, 2.05) is 48.0 Å². The maximum absolute atomic E-state index is 12.4. The molecule has 29 heavy (non-hydrogen) atoms. The number of rotatable bonds is 4. The fraction of sp³-hybridized carbons (Fsp3) is 0.0476. The fourth-order valence-corrected chi connectivity index (χ4v) is 3.21. The average molecular weight is 407 g/mol. The van der Waals surface area contributed by atoms with Crippen molar-refractivity contribution in [2.75, 3.05) is 5.32 Å². The standard InChI is InChI=1S/C21H15ClN4O3/c1-13-8-9-25-12-19(24-20(25)10-13)14-2-4-15(5-3-14)23-21(27)17-7-6-16(26(28)29)11-18(17)22/h2-12H,1H3,(H,23,27). The molecule has 1 amide bonds. The molecule has 2 heterocycles. The van der Waals surface area contributed by atoms with Crippen LogP contribution in [-0.2, 0) is 0 Å². The molecule has 0 atom stereocenters. The van der Waals surface area contributed by atoms with Gasteiger partial charge in [-0.1, -0.05) is 23.7 Å². The molecule has 0 aliphatic carbocycles. The number of anilines is 1. The van der Waals surface area contributed by atoms with Crippen molar-refractivity contribution < 1.29 is 9.72 Å². The van der Waals surface area contributed by atoms with Crippen molar-refractivity contribution in [1.82, 2.24) is 9.38 Å². The van der Waals surface area contributed by atoms with Crippen LogP contribution in [0.25, 0.3) is 16.9 Å². The molecular weight excluding hydrogens is 392 g/mol. The van der Waals surface area contributed by atoms with Gasteiger partial charge in [-0.2, -0.15) is 0 Å². The largest absolute Gasteiger partial charge is 0.322 e. The molecule has 0 saturated heterocycles. The minimum atomic E-state index is -0.563. The molecule has 0 aliphatic heterocycles. The highest BCUT2D eigenvalue weighted by atomic mass is 35.5. The Morgan fingerprint density at radius 2 is 1.90 bits per heavy atom. The summed E-state index contributed by atoms with van der Waals surface area (Å²) in [4.78, 5) is 27.3. The third-order valence-corrected chi connectivity index (χ3v) is 4.78. The number of fused-ring (bicyclic) bond motifs is 1. The fourth-order valence-electron chi connectivity index (χ4n) is 2.95. The van der Waals surface area contributed by atoms with Gasteiger partial charge in [-0.25, -0.2) is 4.98 Å². The van der Waals surface area contributed by atoms with Gasteiger partial charge in [-0.3, -0.25) is 14.9 Å². The van der Waals surface area contributed by atoms with Gasteiger partial charge in [0.2, 0.25) is 0 Å². The monoisotopic (exact) mass is 406 g/mol. The summed E-state index contributed by atoms with van der Waals surface area (Å²) < 4.78 is 1.95. The minimum absolute atomic E-state index is 0.0216. The maximum atomic E-state index is 12.4. The van der Waals surface area contributed by atoms with Gasteiger partial charge in [0.05, 0.1) is 21.2 Å². The summed E-state index contributed by atoms with van der Waals surface area (Å²) in [6.45, 7) is 2.02. The number of imidazole rings is 1. The number of benzene rings is 2. The number of aryl methyl sites for hydroxylation is 1. The van der Waals surface area contributed by atoms with E-state index in [0.717, 1.165) is 28.5 Å². The molecule has 7 nitrogen and oxygen atoms in total. The lowest BCUT2D eigenvalue weighted by atomic mass is 10.1. The quantitative estimate of drug-likeness (QED) is 0.376. The van der Waals surface area contributed by atoms with E-state index in [1.54, 1.807) is 12.1 Å². The van der Waals surface area contributed by atoms with Crippen LogP contribution in [0.15, 0.2) is 67.0 Å². The highest BCUT2D eigenvalue weighted by molar-refractivity contribution is 6.34. The number of pyridine rings is 1. The van der Waals surface area contributed by atoms with Gasteiger partial charge < -0.3 is 9.72 Å². The van der Waals surface area contributed by atoms with E-state index < -0.39 is 10.8 Å². The molecule has 0 radical (unpaired) electrons. The Kier molecular flexibility index (Phi) is 4.74. The number of nitro benzene ring substituents is 1. The topological polar surface area (TPSA) is 89.5 Å². The van der Waals surface area contributed by atoms with Crippen LogP contribution in [0.2, 0.25) is 5.02 Å². The smallest absolute Gasteiger partial charge is 0.270 e. The summed E-state index contributed by atoms with van der Waals surface area (Å²) in [7, 11) is 0. The molecule has 0 saturated carbocycles. The van der Waals surface area contributed by atoms with Gasteiger partial charge >= 0.3 is 0 Å². The molecule has 0 bridgehead atoms. The SMILES string of the molecule is Cc1ccn2cc(-c3ccc(NC(=O)c4ccc([N+](=O)[O-])cc4Cl)cc3)nc2c1. The zero-order valence-corrected chi connectivity index (χ0v) is 16.1. The number of aromatic nitrogens is 2. The van der Waals surface area contributed by atoms with Crippen LogP contribution in [0.5, 0.6) is 0 Å². The van der Waals surface area contributed by atoms with E-state index in [1.165, 1.54) is 12.1 Å². The number of nitro groups is 1. The molecular formula is C21H15ClN4O3. The highest BCUT2D eigenvalue weighted by Crippen LogP contribution is 2.25. The minimum Gasteiger partial charge on any atom is -0.322 e. The molecule has 4 aromatic rings. The molecule has 8 heteroatoms. The molecule has 0 unspecified atom stereocenters. The first kappa shape index (κ1) is 18.6. The predicted octanol–water partition coefficient (Wildman–Crippen LogP) is 5.12. The van der Waals surface area contributed by atoms with Gasteiger partial charge in [0.15, 0.2) is 0 Å². The first-order valence-corrected chi connectivity index (χ1v) is 9.09. The van der Waals surface area contributed by atoms with Crippen molar-refractivity contribution in [1.29, 1.82) is 0 Å². The zero-order valence-electron chi connectivity index (χ0n) is 15.3. The van der Waals surface area contributed by atoms with Crippen LogP contribution in [0, 0.1) is 17.0 Å². The molecule has 144 valence electrons. The second kappa shape index (κ2) is 7.37. The first-order chi connectivity index (χ1) is 13.9. The zero-order chi connectivity index (χ0) is 20.5. The summed E-state index contributed by atoms with van der Waals surface area (Å²) in [6.07, 6.45) is 3.91. The average Bonchev–Trinajstić information content (AvgIpc) is 3.11. The van der Waals surface area contributed by atoms with E-state index in [2.05, 4.69) is 10.3 Å². The van der Waals surface area contributed by atoms with Gasteiger partial charge in [0.25, 0.3) is 11.6 Å². The van der Waals surface area contributed by atoms with E-state index >= 15 is 0 Å². The predicted molar refractivity (Wildman–Crippen MR) is 111 cm³/mol. The molecule has 1 N–H and O–H groups in total. The number of carbonyl (C=O) groups is 1. The van der Waals surface area contributed by atoms with E-state index in [0.29, 0.717) is 5.69 Å². The van der Waals surface area contributed by atoms with Crippen molar-refractivity contribution >= 4 is 34.5 Å². The Morgan fingerprint density at radius 3 is 2.59 bits per heavy atom. The van der Waals surface area contributed by atoms with Crippen LogP contribution in [-0.4, -0.2) is 20.2 Å². The second-order valence-electron chi connectivity index (χ2n) is 6.55. The molecule has 0 spiro atoms. The molecule has 2 aromatic heterocycles. The van der Waals surface area contributed by atoms with Gasteiger partial charge in [-0.05, 0) is 42.8 Å². The number of nitrogens with one attached hydrogen (secondary N) is 1. The lowest BCUT2D eigenvalue weighted by Crippen LogP contribution is -2.12. The number of non-ortho nitro benzene ring substituents is 1. The van der Waals surface area contributed by atoms with Crippen LogP contribution in [0.4, 0.5) is 11.4 Å². The first-order valence-electron chi connectivity index (χ1n) is 8.72. The molecule has 4 rings (SSSR count). The van der Waals surface area contributed by atoms with Gasteiger partial charge in [-0.15, -0.1) is 0 Å². The third kappa shape index (κ3) is 3.81. The van der Waals surface area contributed by atoms with Crippen molar-refractivity contribution in [2.24, 2.45) is 0 Å². The third-order valence-electron chi connectivity index (χ3n) is 4.46. The van der Waals surface area contributed by atoms with Crippen molar-refractivity contribution in [2.45, 2.75) is 6.92 Å². The normalized spacial score (nSPS) is 10.8. The van der Waals surface area contributed by atoms with Crippen LogP contribution in [0.1, 0.15) is 15.9 Å². The van der Waals surface area contributed by atoms with E-state index in [9.17, 15) is 14.9 Å². The summed E-state index contributed by atoms with van der Waals surface area (Å²) in [5.41, 5.74) is 4.32. The summed E-state index contributed by atoms with van der Waals surface area (Å²) in [5, 5.41) is 13.6. The maximum Gasteiger partial charge on any atom is 0.270 e. The Labute approximate surface area is 170 Å². The van der Waals surface area contributed by atoms with Crippen molar-refractivity contribution in [3.63, 3.8) is 0 Å². The van der Waals surface area contributed by atoms with Crippen molar-refractivity contribution in [3.8, 4) is 11.3 Å². The summed E-state index contributed by atoms with van der Waals surface area (Å²) in [5.74, 6) is -0.444. The van der Waals surface area contributed by atoms with Crippen LogP contribution < -0.4 is 5.32 Å². The lowest BCUT2D eigenvalue weighted by Gasteiger charge is -2.07. The lowest BCUT2D eigenvalue weighted by molar-refractivity contribution is -0.384. The number of nitrogens with zero attached hydrogens (tertiary/aromatic N) is 3. The Balaban J connectivity index is 1.53. The molecule has 0 fully saturated rings. The van der Waals surface area contributed by atoms with Crippen LogP contribution in [0.3, 0.4) is 0 Å².